The molecule has 0 saturated carbocycles. The molecule has 0 fully saturated rings. The first kappa shape index (κ1) is 12.8. The van der Waals surface area contributed by atoms with Gasteiger partial charge in [0, 0.05) is 4.47 Å². The minimum atomic E-state index is 0.123. The Morgan fingerprint density at radius 1 is 1.11 bits per heavy atom. The third-order valence-corrected chi connectivity index (χ3v) is 2.97. The van der Waals surface area contributed by atoms with Crippen LogP contribution in [0.3, 0.4) is 0 Å². The molecule has 2 aromatic rings. The maximum absolute atomic E-state index is 9.68. The van der Waals surface area contributed by atoms with Gasteiger partial charge in [0.15, 0.2) is 11.5 Å². The van der Waals surface area contributed by atoms with Crippen LogP contribution < -0.4 is 9.47 Å². The van der Waals surface area contributed by atoms with Gasteiger partial charge in [0.25, 0.3) is 0 Å². The maximum atomic E-state index is 9.68. The molecule has 0 aromatic heterocycles. The average Bonchev–Trinajstić information content (AvgIpc) is 2.38. The minimum absolute atomic E-state index is 0.123. The predicted molar refractivity (Wildman–Crippen MR) is 73.1 cm³/mol. The highest BCUT2D eigenvalue weighted by molar-refractivity contribution is 9.10. The highest BCUT2D eigenvalue weighted by atomic mass is 79.9. The second kappa shape index (κ2) is 5.78. The molecule has 0 aliphatic carbocycles. The molecule has 0 aliphatic rings. The summed E-state index contributed by atoms with van der Waals surface area (Å²) in [5, 5.41) is 9.68. The third-order valence-electron chi connectivity index (χ3n) is 2.47. The molecule has 18 heavy (non-hydrogen) atoms. The second-order valence-electron chi connectivity index (χ2n) is 3.75. The van der Waals surface area contributed by atoms with Crippen molar-refractivity contribution in [3.63, 3.8) is 0 Å². The largest absolute Gasteiger partial charge is 0.504 e. The molecule has 0 saturated heterocycles. The van der Waals surface area contributed by atoms with Crippen LogP contribution in [0.1, 0.15) is 5.56 Å². The van der Waals surface area contributed by atoms with Crippen LogP contribution >= 0.6 is 15.9 Å². The molecule has 0 unspecified atom stereocenters. The van der Waals surface area contributed by atoms with Crippen LogP contribution in [0.15, 0.2) is 46.9 Å². The first-order valence-electron chi connectivity index (χ1n) is 5.43. The molecule has 3 nitrogen and oxygen atoms in total. The average molecular weight is 309 g/mol. The highest BCUT2D eigenvalue weighted by Crippen LogP contribution is 2.29. The molecule has 1 N–H and O–H groups in total. The van der Waals surface area contributed by atoms with Gasteiger partial charge in [-0.3, -0.25) is 0 Å². The molecule has 0 heterocycles. The second-order valence-corrected chi connectivity index (χ2v) is 4.66. The fourth-order valence-corrected chi connectivity index (χ4v) is 1.84. The summed E-state index contributed by atoms with van der Waals surface area (Å²) in [5.41, 5.74) is 1.01. The lowest BCUT2D eigenvalue weighted by Crippen LogP contribution is -1.95. The maximum Gasteiger partial charge on any atom is 0.161 e. The van der Waals surface area contributed by atoms with E-state index in [1.54, 1.807) is 19.2 Å². The number of phenolic OH excluding ortho intramolecular Hbond substituents is 1. The number of hydrogen-bond acceptors (Lipinski definition) is 3. The molecule has 0 bridgehead atoms. The van der Waals surface area contributed by atoms with E-state index < -0.39 is 0 Å². The van der Waals surface area contributed by atoms with Crippen molar-refractivity contribution in [3.05, 3.63) is 52.5 Å². The number of ether oxygens (including phenoxy) is 2. The summed E-state index contributed by atoms with van der Waals surface area (Å²) in [6, 6.07) is 12.7. The lowest BCUT2D eigenvalue weighted by Gasteiger charge is -2.08. The fraction of sp³-hybridized carbons (Fsp3) is 0.143. The summed E-state index contributed by atoms with van der Waals surface area (Å²) in [4.78, 5) is 0. The first-order chi connectivity index (χ1) is 8.69. The smallest absolute Gasteiger partial charge is 0.161 e. The summed E-state index contributed by atoms with van der Waals surface area (Å²) in [6.45, 7) is 0.402. The highest BCUT2D eigenvalue weighted by Gasteiger charge is 2.03. The Kier molecular flexibility index (Phi) is 4.10. The lowest BCUT2D eigenvalue weighted by molar-refractivity contribution is 0.288. The lowest BCUT2D eigenvalue weighted by atomic mass is 10.2. The number of hydrogen-bond donors (Lipinski definition) is 1. The third kappa shape index (κ3) is 3.17. The van der Waals surface area contributed by atoms with Gasteiger partial charge in [0.1, 0.15) is 12.4 Å². The van der Waals surface area contributed by atoms with Crippen LogP contribution in [0.5, 0.6) is 17.2 Å². The SMILES string of the molecule is COc1ccc(COc2ccc(Br)cc2O)cc1. The minimum Gasteiger partial charge on any atom is -0.504 e. The number of rotatable bonds is 4. The Balaban J connectivity index is 2.02. The zero-order chi connectivity index (χ0) is 13.0. The quantitative estimate of drug-likeness (QED) is 0.935. The Morgan fingerprint density at radius 3 is 2.44 bits per heavy atom. The van der Waals surface area contributed by atoms with Gasteiger partial charge in [-0.15, -0.1) is 0 Å². The normalized spacial score (nSPS) is 10.1. The summed E-state index contributed by atoms with van der Waals surface area (Å²) in [7, 11) is 1.63. The first-order valence-corrected chi connectivity index (χ1v) is 6.22. The van der Waals surface area contributed by atoms with E-state index in [0.717, 1.165) is 15.8 Å². The van der Waals surface area contributed by atoms with Gasteiger partial charge in [0.2, 0.25) is 0 Å². The monoisotopic (exact) mass is 308 g/mol. The molecule has 0 radical (unpaired) electrons. The molecule has 0 aliphatic heterocycles. The van der Waals surface area contributed by atoms with Gasteiger partial charge in [-0.25, -0.2) is 0 Å². The van der Waals surface area contributed by atoms with Crippen LogP contribution in [-0.4, -0.2) is 12.2 Å². The summed E-state index contributed by atoms with van der Waals surface area (Å²) < 4.78 is 11.4. The number of methoxy groups -OCH3 is 1. The summed E-state index contributed by atoms with van der Waals surface area (Å²) in [6.07, 6.45) is 0. The van der Waals surface area contributed by atoms with Crippen molar-refractivity contribution in [1.82, 2.24) is 0 Å². The number of phenols is 1. The van der Waals surface area contributed by atoms with Crippen molar-refractivity contribution < 1.29 is 14.6 Å². The van der Waals surface area contributed by atoms with Crippen LogP contribution in [0.4, 0.5) is 0 Å². The van der Waals surface area contributed by atoms with E-state index in [0.29, 0.717) is 12.4 Å². The van der Waals surface area contributed by atoms with Crippen molar-refractivity contribution >= 4 is 15.9 Å². The van der Waals surface area contributed by atoms with Crippen LogP contribution in [0, 0.1) is 0 Å². The Morgan fingerprint density at radius 2 is 1.83 bits per heavy atom. The van der Waals surface area contributed by atoms with Gasteiger partial charge in [-0.1, -0.05) is 28.1 Å². The Labute approximate surface area is 114 Å². The topological polar surface area (TPSA) is 38.7 Å². The molecule has 4 heteroatoms. The van der Waals surface area contributed by atoms with E-state index >= 15 is 0 Å². The number of aromatic hydroxyl groups is 1. The van der Waals surface area contributed by atoms with Gasteiger partial charge in [-0.2, -0.15) is 0 Å². The predicted octanol–water partition coefficient (Wildman–Crippen LogP) is 3.74. The standard InChI is InChI=1S/C14H13BrO3/c1-17-12-5-2-10(3-6-12)9-18-14-7-4-11(15)8-13(14)16/h2-8,16H,9H2,1H3. The van der Waals surface area contributed by atoms with Crippen LogP contribution in [0.25, 0.3) is 0 Å². The zero-order valence-electron chi connectivity index (χ0n) is 9.89. The van der Waals surface area contributed by atoms with Gasteiger partial charge in [-0.05, 0) is 35.9 Å². The zero-order valence-corrected chi connectivity index (χ0v) is 11.5. The van der Waals surface area contributed by atoms with Crippen molar-refractivity contribution in [2.24, 2.45) is 0 Å². The van der Waals surface area contributed by atoms with E-state index in [1.165, 1.54) is 0 Å². The Hall–Kier alpha value is -1.68. The van der Waals surface area contributed by atoms with Crippen molar-refractivity contribution in [2.45, 2.75) is 6.61 Å². The molecular formula is C14H13BrO3. The van der Waals surface area contributed by atoms with Crippen molar-refractivity contribution in [2.75, 3.05) is 7.11 Å². The molecule has 2 aromatic carbocycles. The fourth-order valence-electron chi connectivity index (χ4n) is 1.50. The molecule has 0 atom stereocenters. The molecule has 0 amide bonds. The number of halogens is 1. The van der Waals surface area contributed by atoms with E-state index in [-0.39, 0.29) is 5.75 Å². The summed E-state index contributed by atoms with van der Waals surface area (Å²) >= 11 is 3.28. The van der Waals surface area contributed by atoms with Crippen molar-refractivity contribution in [1.29, 1.82) is 0 Å². The van der Waals surface area contributed by atoms with Crippen molar-refractivity contribution in [3.8, 4) is 17.2 Å². The van der Waals surface area contributed by atoms with E-state index in [9.17, 15) is 5.11 Å². The molecule has 0 spiro atoms. The van der Waals surface area contributed by atoms with Gasteiger partial charge >= 0.3 is 0 Å². The van der Waals surface area contributed by atoms with E-state index in [1.807, 2.05) is 30.3 Å². The van der Waals surface area contributed by atoms with Crippen LogP contribution in [0.2, 0.25) is 0 Å². The summed E-state index contributed by atoms with van der Waals surface area (Å²) in [5.74, 6) is 1.40. The molecular weight excluding hydrogens is 296 g/mol. The molecule has 94 valence electrons. The van der Waals surface area contributed by atoms with Crippen LogP contribution in [-0.2, 0) is 6.61 Å². The number of benzene rings is 2. The van der Waals surface area contributed by atoms with E-state index in [2.05, 4.69) is 15.9 Å². The Bertz CT molecular complexity index is 523. The molecule has 2 rings (SSSR count). The van der Waals surface area contributed by atoms with Gasteiger partial charge < -0.3 is 14.6 Å². The van der Waals surface area contributed by atoms with E-state index in [4.69, 9.17) is 9.47 Å². The van der Waals surface area contributed by atoms with Gasteiger partial charge in [0.05, 0.1) is 7.11 Å².